The highest BCUT2D eigenvalue weighted by atomic mass is 16.2. The van der Waals surface area contributed by atoms with Gasteiger partial charge in [-0.25, -0.2) is 0 Å². The molecular weight excluding hydrogens is 314 g/mol. The fourth-order valence-electron chi connectivity index (χ4n) is 3.43. The van der Waals surface area contributed by atoms with Crippen molar-refractivity contribution < 1.29 is 4.79 Å². The van der Waals surface area contributed by atoms with E-state index in [1.165, 1.54) is 0 Å². The molecule has 1 N–H and O–H groups in total. The molecule has 4 rings (SSSR count). The van der Waals surface area contributed by atoms with Crippen LogP contribution in [0.25, 0.3) is 11.3 Å². The molecule has 2 aromatic heterocycles. The Morgan fingerprint density at radius 1 is 1.24 bits per heavy atom. The molecule has 0 saturated carbocycles. The van der Waals surface area contributed by atoms with Gasteiger partial charge in [-0.2, -0.15) is 10.2 Å². The molecule has 0 aliphatic carbocycles. The molecule has 1 unspecified atom stereocenters. The molecule has 1 amide bonds. The molecule has 3 aromatic rings. The second-order valence-electron chi connectivity index (χ2n) is 6.57. The number of piperidine rings is 1. The molecule has 6 heteroatoms. The summed E-state index contributed by atoms with van der Waals surface area (Å²) in [6.45, 7) is 3.49. The van der Waals surface area contributed by atoms with E-state index in [9.17, 15) is 4.79 Å². The van der Waals surface area contributed by atoms with Crippen molar-refractivity contribution in [2.24, 2.45) is 0 Å². The van der Waals surface area contributed by atoms with Gasteiger partial charge in [0.15, 0.2) is 0 Å². The fourth-order valence-corrected chi connectivity index (χ4v) is 3.43. The lowest BCUT2D eigenvalue weighted by Gasteiger charge is -2.32. The maximum absolute atomic E-state index is 13.1. The molecule has 1 aliphatic heterocycles. The summed E-state index contributed by atoms with van der Waals surface area (Å²) >= 11 is 0. The molecule has 6 nitrogen and oxygen atoms in total. The summed E-state index contributed by atoms with van der Waals surface area (Å²) in [4.78, 5) is 15.0. The number of hydrogen-bond donors (Lipinski definition) is 1. The normalized spacial score (nSPS) is 17.6. The molecular formula is C19H21N5O. The lowest BCUT2D eigenvalue weighted by molar-refractivity contribution is 0.0674. The average Bonchev–Trinajstić information content (AvgIpc) is 3.31. The summed E-state index contributed by atoms with van der Waals surface area (Å²) in [6, 6.07) is 10.1. The van der Waals surface area contributed by atoms with Gasteiger partial charge in [-0.15, -0.1) is 0 Å². The minimum absolute atomic E-state index is 0.0289. The average molecular weight is 335 g/mol. The van der Waals surface area contributed by atoms with Crippen LogP contribution in [0.3, 0.4) is 0 Å². The van der Waals surface area contributed by atoms with Crippen LogP contribution in [-0.2, 0) is 0 Å². The largest absolute Gasteiger partial charge is 0.336 e. The third-order valence-electron chi connectivity index (χ3n) is 4.72. The zero-order valence-electron chi connectivity index (χ0n) is 14.2. The van der Waals surface area contributed by atoms with E-state index < -0.39 is 0 Å². The van der Waals surface area contributed by atoms with Crippen LogP contribution in [0.5, 0.6) is 0 Å². The highest BCUT2D eigenvalue weighted by Gasteiger charge is 2.28. The van der Waals surface area contributed by atoms with Gasteiger partial charge in [0.2, 0.25) is 0 Å². The van der Waals surface area contributed by atoms with Crippen LogP contribution in [0.15, 0.2) is 48.9 Å². The van der Waals surface area contributed by atoms with Crippen LogP contribution in [0.1, 0.15) is 34.8 Å². The van der Waals surface area contributed by atoms with Crippen molar-refractivity contribution in [1.82, 2.24) is 24.9 Å². The predicted octanol–water partition coefficient (Wildman–Crippen LogP) is 3.06. The Kier molecular flexibility index (Phi) is 4.09. The van der Waals surface area contributed by atoms with Crippen molar-refractivity contribution in [2.45, 2.75) is 25.8 Å². The van der Waals surface area contributed by atoms with E-state index in [0.29, 0.717) is 12.1 Å². The molecule has 3 heterocycles. The van der Waals surface area contributed by atoms with Gasteiger partial charge in [0.25, 0.3) is 5.91 Å². The molecule has 0 radical (unpaired) electrons. The van der Waals surface area contributed by atoms with Gasteiger partial charge in [0.1, 0.15) is 0 Å². The monoisotopic (exact) mass is 335 g/mol. The second kappa shape index (κ2) is 6.55. The van der Waals surface area contributed by atoms with Crippen LogP contribution in [0, 0.1) is 6.92 Å². The van der Waals surface area contributed by atoms with E-state index in [0.717, 1.165) is 36.2 Å². The van der Waals surface area contributed by atoms with Gasteiger partial charge in [-0.1, -0.05) is 30.3 Å². The van der Waals surface area contributed by atoms with Crippen molar-refractivity contribution in [1.29, 1.82) is 0 Å². The van der Waals surface area contributed by atoms with Gasteiger partial charge in [0, 0.05) is 24.8 Å². The van der Waals surface area contributed by atoms with Crippen LogP contribution in [0.4, 0.5) is 0 Å². The number of carbonyl (C=O) groups excluding carboxylic acids is 1. The number of nitrogens with one attached hydrogen (secondary N) is 1. The predicted molar refractivity (Wildman–Crippen MR) is 95.2 cm³/mol. The summed E-state index contributed by atoms with van der Waals surface area (Å²) in [5, 5.41) is 11.5. The third kappa shape index (κ3) is 3.07. The minimum Gasteiger partial charge on any atom is -0.336 e. The highest BCUT2D eigenvalue weighted by Crippen LogP contribution is 2.26. The van der Waals surface area contributed by atoms with E-state index >= 15 is 0 Å². The third-order valence-corrected chi connectivity index (χ3v) is 4.72. The molecule has 1 aliphatic rings. The molecule has 1 saturated heterocycles. The second-order valence-corrected chi connectivity index (χ2v) is 6.57. The number of aryl methyl sites for hydroxylation is 1. The molecule has 1 atom stereocenters. The first kappa shape index (κ1) is 15.6. The standard InChI is InChI=1S/C19H21N5O/c1-14-10-21-24(12-14)16-8-5-9-23(13-16)19(25)17-11-20-22-18(17)15-6-3-2-4-7-15/h2-4,6-7,10-12,16H,5,8-9,13H2,1H3,(H,20,22). The quantitative estimate of drug-likeness (QED) is 0.800. The van der Waals surface area contributed by atoms with Crippen molar-refractivity contribution >= 4 is 5.91 Å². The van der Waals surface area contributed by atoms with Crippen molar-refractivity contribution in [3.05, 3.63) is 60.0 Å². The summed E-state index contributed by atoms with van der Waals surface area (Å²) in [7, 11) is 0. The Bertz CT molecular complexity index is 867. The van der Waals surface area contributed by atoms with Crippen LogP contribution in [-0.4, -0.2) is 43.9 Å². The van der Waals surface area contributed by atoms with Gasteiger partial charge in [0.05, 0.1) is 29.7 Å². The van der Waals surface area contributed by atoms with Gasteiger partial charge in [-0.3, -0.25) is 14.6 Å². The summed E-state index contributed by atoms with van der Waals surface area (Å²) in [5.41, 5.74) is 3.52. The first-order chi connectivity index (χ1) is 12.2. The molecule has 128 valence electrons. The van der Waals surface area contributed by atoms with E-state index in [-0.39, 0.29) is 11.9 Å². The Labute approximate surface area is 146 Å². The van der Waals surface area contributed by atoms with E-state index in [4.69, 9.17) is 0 Å². The Balaban J connectivity index is 1.56. The summed E-state index contributed by atoms with van der Waals surface area (Å²) < 4.78 is 1.99. The number of likely N-dealkylation sites (tertiary alicyclic amines) is 1. The van der Waals surface area contributed by atoms with E-state index in [1.54, 1.807) is 6.20 Å². The zero-order valence-corrected chi connectivity index (χ0v) is 14.2. The van der Waals surface area contributed by atoms with Gasteiger partial charge < -0.3 is 4.90 Å². The maximum atomic E-state index is 13.1. The SMILES string of the molecule is Cc1cnn(C2CCCN(C(=O)c3cn[nH]c3-c3ccccc3)C2)c1. The number of hydrogen-bond acceptors (Lipinski definition) is 3. The van der Waals surface area contributed by atoms with Crippen molar-refractivity contribution in [2.75, 3.05) is 13.1 Å². The van der Waals surface area contributed by atoms with Crippen LogP contribution in [0.2, 0.25) is 0 Å². The van der Waals surface area contributed by atoms with Crippen LogP contribution < -0.4 is 0 Å². The summed E-state index contributed by atoms with van der Waals surface area (Å²) in [6.07, 6.45) is 7.57. The lowest BCUT2D eigenvalue weighted by atomic mass is 10.0. The molecule has 25 heavy (non-hydrogen) atoms. The maximum Gasteiger partial charge on any atom is 0.257 e. The number of carbonyl (C=O) groups is 1. The Morgan fingerprint density at radius 3 is 2.84 bits per heavy atom. The zero-order chi connectivity index (χ0) is 17.2. The number of rotatable bonds is 3. The number of H-pyrrole nitrogens is 1. The Morgan fingerprint density at radius 2 is 2.08 bits per heavy atom. The Hall–Kier alpha value is -2.89. The fraction of sp³-hybridized carbons (Fsp3) is 0.316. The van der Waals surface area contributed by atoms with Crippen molar-refractivity contribution in [3.63, 3.8) is 0 Å². The topological polar surface area (TPSA) is 66.8 Å². The lowest BCUT2D eigenvalue weighted by Crippen LogP contribution is -2.40. The molecule has 1 fully saturated rings. The smallest absolute Gasteiger partial charge is 0.257 e. The van der Waals surface area contributed by atoms with Gasteiger partial charge >= 0.3 is 0 Å². The first-order valence-electron chi connectivity index (χ1n) is 8.61. The van der Waals surface area contributed by atoms with E-state index in [1.807, 2.05) is 59.2 Å². The minimum atomic E-state index is 0.0289. The molecule has 0 bridgehead atoms. The van der Waals surface area contributed by atoms with E-state index in [2.05, 4.69) is 15.3 Å². The number of aromatic nitrogens is 4. The summed E-state index contributed by atoms with van der Waals surface area (Å²) in [5.74, 6) is 0.0289. The first-order valence-corrected chi connectivity index (χ1v) is 8.61. The number of nitrogens with zero attached hydrogens (tertiary/aromatic N) is 4. The van der Waals surface area contributed by atoms with Gasteiger partial charge in [-0.05, 0) is 25.3 Å². The molecule has 1 aromatic carbocycles. The highest BCUT2D eigenvalue weighted by molar-refractivity contribution is 5.99. The van der Waals surface area contributed by atoms with Crippen molar-refractivity contribution in [3.8, 4) is 11.3 Å². The number of aromatic amines is 1. The number of amides is 1. The molecule has 0 spiro atoms. The van der Waals surface area contributed by atoms with Crippen LogP contribution >= 0.6 is 0 Å². The number of benzene rings is 1.